The quantitative estimate of drug-likeness (QED) is 0.730. The van der Waals surface area contributed by atoms with Crippen LogP contribution in [0.3, 0.4) is 0 Å². The minimum Gasteiger partial charge on any atom is -0.467 e. The van der Waals surface area contributed by atoms with Gasteiger partial charge >= 0.3 is 0 Å². The molecule has 0 amide bonds. The molecule has 6 heteroatoms. The van der Waals surface area contributed by atoms with Crippen LogP contribution in [0.5, 0.6) is 0 Å². The van der Waals surface area contributed by atoms with Gasteiger partial charge in [-0.3, -0.25) is 0 Å². The molecule has 1 aromatic carbocycles. The molecule has 5 nitrogen and oxygen atoms in total. The van der Waals surface area contributed by atoms with Gasteiger partial charge in [0, 0.05) is 24.3 Å². The predicted octanol–water partition coefficient (Wildman–Crippen LogP) is 3.04. The van der Waals surface area contributed by atoms with E-state index < -0.39 is 6.10 Å². The number of rotatable bonds is 6. The van der Waals surface area contributed by atoms with Crippen molar-refractivity contribution >= 4 is 0 Å². The van der Waals surface area contributed by atoms with E-state index in [0.29, 0.717) is 18.8 Å². The van der Waals surface area contributed by atoms with Crippen LogP contribution >= 0.6 is 0 Å². The number of halogens is 1. The van der Waals surface area contributed by atoms with E-state index in [2.05, 4.69) is 10.4 Å². The van der Waals surface area contributed by atoms with E-state index in [0.717, 1.165) is 22.6 Å². The van der Waals surface area contributed by atoms with Gasteiger partial charge < -0.3 is 14.8 Å². The standard InChI is InChI=1S/C18H20FN3O2/c1-12-16(10-20-11-17(23)18-4-3-9-24-18)13(2)22(21-12)15-7-5-14(19)6-8-15/h3-9,17,20,23H,10-11H2,1-2H3. The molecule has 0 aliphatic carbocycles. The summed E-state index contributed by atoms with van der Waals surface area (Å²) < 4.78 is 20.1. The van der Waals surface area contributed by atoms with Crippen molar-refractivity contribution in [3.8, 4) is 5.69 Å². The minimum atomic E-state index is -0.687. The second-order valence-electron chi connectivity index (χ2n) is 5.70. The Balaban J connectivity index is 1.69. The molecule has 2 aromatic heterocycles. The number of aliphatic hydroxyl groups is 1. The molecule has 126 valence electrons. The minimum absolute atomic E-state index is 0.269. The number of hydrogen-bond acceptors (Lipinski definition) is 4. The Morgan fingerprint density at radius 2 is 2.00 bits per heavy atom. The van der Waals surface area contributed by atoms with Crippen LogP contribution in [0.1, 0.15) is 28.8 Å². The first-order valence-corrected chi connectivity index (χ1v) is 7.79. The Labute approximate surface area is 139 Å². The molecular formula is C18H20FN3O2. The number of aryl methyl sites for hydroxylation is 1. The van der Waals surface area contributed by atoms with Crippen molar-refractivity contribution in [1.29, 1.82) is 0 Å². The Kier molecular flexibility index (Phi) is 4.78. The van der Waals surface area contributed by atoms with Crippen molar-refractivity contribution in [3.05, 3.63) is 71.2 Å². The first-order chi connectivity index (χ1) is 11.6. The van der Waals surface area contributed by atoms with Gasteiger partial charge in [-0.1, -0.05) is 0 Å². The summed E-state index contributed by atoms with van der Waals surface area (Å²) in [6.45, 7) is 4.88. The summed E-state index contributed by atoms with van der Waals surface area (Å²) in [5.41, 5.74) is 3.76. The Morgan fingerprint density at radius 3 is 2.67 bits per heavy atom. The van der Waals surface area contributed by atoms with Crippen molar-refractivity contribution in [1.82, 2.24) is 15.1 Å². The van der Waals surface area contributed by atoms with Gasteiger partial charge in [0.1, 0.15) is 17.7 Å². The molecule has 24 heavy (non-hydrogen) atoms. The molecule has 1 unspecified atom stereocenters. The van der Waals surface area contributed by atoms with Gasteiger partial charge in [-0.15, -0.1) is 0 Å². The van der Waals surface area contributed by atoms with Gasteiger partial charge in [0.25, 0.3) is 0 Å². The fraction of sp³-hybridized carbons (Fsp3) is 0.278. The lowest BCUT2D eigenvalue weighted by Gasteiger charge is -2.10. The Hall–Kier alpha value is -2.44. The maximum Gasteiger partial charge on any atom is 0.133 e. The monoisotopic (exact) mass is 329 g/mol. The zero-order chi connectivity index (χ0) is 17.1. The number of aromatic nitrogens is 2. The topological polar surface area (TPSA) is 63.2 Å². The molecule has 0 radical (unpaired) electrons. The highest BCUT2D eigenvalue weighted by atomic mass is 19.1. The first kappa shape index (κ1) is 16.4. The molecule has 0 saturated heterocycles. The zero-order valence-electron chi connectivity index (χ0n) is 13.7. The third-order valence-corrected chi connectivity index (χ3v) is 4.02. The van der Waals surface area contributed by atoms with Crippen LogP contribution in [-0.2, 0) is 6.54 Å². The highest BCUT2D eigenvalue weighted by Gasteiger charge is 2.14. The molecule has 2 N–H and O–H groups in total. The van der Waals surface area contributed by atoms with E-state index in [4.69, 9.17) is 4.42 Å². The smallest absolute Gasteiger partial charge is 0.133 e. The van der Waals surface area contributed by atoms with Crippen LogP contribution in [0, 0.1) is 19.7 Å². The molecule has 3 rings (SSSR count). The van der Waals surface area contributed by atoms with E-state index in [1.54, 1.807) is 35.2 Å². The lowest BCUT2D eigenvalue weighted by Crippen LogP contribution is -2.21. The van der Waals surface area contributed by atoms with Crippen molar-refractivity contribution in [2.24, 2.45) is 0 Å². The number of hydrogen-bond donors (Lipinski definition) is 2. The summed E-state index contributed by atoms with van der Waals surface area (Å²) in [6, 6.07) is 9.74. The average molecular weight is 329 g/mol. The van der Waals surface area contributed by atoms with Gasteiger partial charge in [-0.25, -0.2) is 9.07 Å². The molecule has 0 bridgehead atoms. The summed E-state index contributed by atoms with van der Waals surface area (Å²) in [4.78, 5) is 0. The van der Waals surface area contributed by atoms with E-state index in [1.165, 1.54) is 12.1 Å². The predicted molar refractivity (Wildman–Crippen MR) is 88.4 cm³/mol. The average Bonchev–Trinajstić information content (AvgIpc) is 3.19. The van der Waals surface area contributed by atoms with E-state index in [1.807, 2.05) is 13.8 Å². The first-order valence-electron chi connectivity index (χ1n) is 7.79. The van der Waals surface area contributed by atoms with Gasteiger partial charge in [0.15, 0.2) is 0 Å². The maximum absolute atomic E-state index is 13.1. The third kappa shape index (κ3) is 3.39. The summed E-state index contributed by atoms with van der Waals surface area (Å²) >= 11 is 0. The van der Waals surface area contributed by atoms with Crippen LogP contribution in [0.25, 0.3) is 5.69 Å². The normalized spacial score (nSPS) is 12.5. The van der Waals surface area contributed by atoms with E-state index in [-0.39, 0.29) is 5.82 Å². The highest BCUT2D eigenvalue weighted by molar-refractivity contribution is 5.37. The highest BCUT2D eigenvalue weighted by Crippen LogP contribution is 2.19. The van der Waals surface area contributed by atoms with Gasteiger partial charge in [-0.05, 0) is 50.2 Å². The largest absolute Gasteiger partial charge is 0.467 e. The van der Waals surface area contributed by atoms with E-state index >= 15 is 0 Å². The van der Waals surface area contributed by atoms with Crippen LogP contribution in [0.15, 0.2) is 47.1 Å². The molecule has 0 fully saturated rings. The lowest BCUT2D eigenvalue weighted by atomic mass is 10.2. The summed E-state index contributed by atoms with van der Waals surface area (Å²) in [7, 11) is 0. The fourth-order valence-corrected chi connectivity index (χ4v) is 2.68. The molecule has 0 saturated carbocycles. The number of nitrogens with zero attached hydrogens (tertiary/aromatic N) is 2. The van der Waals surface area contributed by atoms with Crippen molar-refractivity contribution in [3.63, 3.8) is 0 Å². The zero-order valence-corrected chi connectivity index (χ0v) is 13.7. The molecule has 0 aliphatic heterocycles. The number of aliphatic hydroxyl groups excluding tert-OH is 1. The summed E-state index contributed by atoms with van der Waals surface area (Å²) in [6.07, 6.45) is 0.854. The Morgan fingerprint density at radius 1 is 1.25 bits per heavy atom. The molecular weight excluding hydrogens is 309 g/mol. The Bertz CT molecular complexity index is 795. The van der Waals surface area contributed by atoms with Gasteiger partial charge in [0.2, 0.25) is 0 Å². The van der Waals surface area contributed by atoms with Gasteiger partial charge in [0.05, 0.1) is 17.6 Å². The third-order valence-electron chi connectivity index (χ3n) is 4.02. The van der Waals surface area contributed by atoms with Crippen LogP contribution in [-0.4, -0.2) is 21.4 Å². The number of benzene rings is 1. The molecule has 1 atom stereocenters. The summed E-state index contributed by atoms with van der Waals surface area (Å²) in [5, 5.41) is 17.8. The maximum atomic E-state index is 13.1. The van der Waals surface area contributed by atoms with Crippen molar-refractivity contribution in [2.45, 2.75) is 26.5 Å². The number of nitrogens with one attached hydrogen (secondary N) is 1. The van der Waals surface area contributed by atoms with Crippen LogP contribution < -0.4 is 5.32 Å². The van der Waals surface area contributed by atoms with Gasteiger partial charge in [-0.2, -0.15) is 5.10 Å². The second kappa shape index (κ2) is 6.98. The molecule has 2 heterocycles. The van der Waals surface area contributed by atoms with Crippen LogP contribution in [0.4, 0.5) is 4.39 Å². The molecule has 3 aromatic rings. The second-order valence-corrected chi connectivity index (χ2v) is 5.70. The fourth-order valence-electron chi connectivity index (χ4n) is 2.68. The summed E-state index contributed by atoms with van der Waals surface area (Å²) in [5.74, 6) is 0.270. The van der Waals surface area contributed by atoms with Crippen molar-refractivity contribution in [2.75, 3.05) is 6.54 Å². The molecule has 0 spiro atoms. The lowest BCUT2D eigenvalue weighted by molar-refractivity contribution is 0.147. The number of furan rings is 1. The van der Waals surface area contributed by atoms with Crippen LogP contribution in [0.2, 0.25) is 0 Å². The molecule has 0 aliphatic rings. The van der Waals surface area contributed by atoms with Crippen molar-refractivity contribution < 1.29 is 13.9 Å². The SMILES string of the molecule is Cc1nn(-c2ccc(F)cc2)c(C)c1CNCC(O)c1ccco1. The van der Waals surface area contributed by atoms with E-state index in [9.17, 15) is 9.50 Å².